The second-order valence-electron chi connectivity index (χ2n) is 4.56. The van der Waals surface area contributed by atoms with Crippen LogP contribution < -0.4 is 5.73 Å². The predicted molar refractivity (Wildman–Crippen MR) is 69.5 cm³/mol. The van der Waals surface area contributed by atoms with E-state index in [2.05, 4.69) is 12.0 Å². The normalized spacial score (nSPS) is 12.6. The van der Waals surface area contributed by atoms with Gasteiger partial charge in [0, 0.05) is 24.3 Å². The fourth-order valence-electron chi connectivity index (χ4n) is 1.98. The first-order chi connectivity index (χ1) is 9.11. The van der Waals surface area contributed by atoms with Gasteiger partial charge in [-0.25, -0.2) is 8.78 Å². The fraction of sp³-hybridized carbons (Fsp3) is 0.357. The number of benzene rings is 1. The van der Waals surface area contributed by atoms with Crippen molar-refractivity contribution in [3.8, 4) is 0 Å². The second-order valence-corrected chi connectivity index (χ2v) is 4.56. The number of nitrogens with two attached hydrogens (primary N) is 1. The summed E-state index contributed by atoms with van der Waals surface area (Å²) in [7, 11) is 0. The maximum Gasteiger partial charge on any atom is 0.162 e. The highest BCUT2D eigenvalue weighted by molar-refractivity contribution is 5.22. The molecule has 0 aliphatic carbocycles. The first-order valence-electron chi connectivity index (χ1n) is 6.32. The molecule has 2 N–H and O–H groups in total. The number of halogens is 2. The summed E-state index contributed by atoms with van der Waals surface area (Å²) >= 11 is 0. The van der Waals surface area contributed by atoms with Crippen LogP contribution in [0.2, 0.25) is 0 Å². The number of hydrogen-bond donors (Lipinski definition) is 1. The zero-order valence-corrected chi connectivity index (χ0v) is 10.8. The molecule has 2 aromatic rings. The molecule has 0 radical (unpaired) electrons. The summed E-state index contributed by atoms with van der Waals surface area (Å²) in [5, 5.41) is 4.18. The molecule has 0 fully saturated rings. The molecule has 0 aliphatic rings. The lowest BCUT2D eigenvalue weighted by atomic mass is 10.0. The third-order valence-electron chi connectivity index (χ3n) is 3.01. The SMILES string of the molecule is CCCn1cc(C(N)Cc2cccc(F)c2F)cn1. The van der Waals surface area contributed by atoms with Gasteiger partial charge in [0.05, 0.1) is 6.20 Å². The van der Waals surface area contributed by atoms with E-state index >= 15 is 0 Å². The molecule has 0 aliphatic heterocycles. The molecule has 102 valence electrons. The first-order valence-corrected chi connectivity index (χ1v) is 6.32. The molecule has 1 unspecified atom stereocenters. The topological polar surface area (TPSA) is 43.8 Å². The van der Waals surface area contributed by atoms with Crippen molar-refractivity contribution in [2.45, 2.75) is 32.4 Å². The van der Waals surface area contributed by atoms with Crippen molar-refractivity contribution in [2.75, 3.05) is 0 Å². The Bertz CT molecular complexity index is 551. The highest BCUT2D eigenvalue weighted by Gasteiger charge is 2.14. The van der Waals surface area contributed by atoms with Crippen LogP contribution in [0.3, 0.4) is 0 Å². The van der Waals surface area contributed by atoms with E-state index in [9.17, 15) is 8.78 Å². The van der Waals surface area contributed by atoms with E-state index in [-0.39, 0.29) is 18.0 Å². The van der Waals surface area contributed by atoms with Crippen molar-refractivity contribution in [1.82, 2.24) is 9.78 Å². The molecule has 1 atom stereocenters. The van der Waals surface area contributed by atoms with Gasteiger partial charge in [0.15, 0.2) is 11.6 Å². The third-order valence-corrected chi connectivity index (χ3v) is 3.01. The lowest BCUT2D eigenvalue weighted by Crippen LogP contribution is -2.14. The van der Waals surface area contributed by atoms with E-state index in [1.165, 1.54) is 6.07 Å². The Morgan fingerprint density at radius 1 is 1.37 bits per heavy atom. The molecule has 0 amide bonds. The van der Waals surface area contributed by atoms with Gasteiger partial charge in [-0.3, -0.25) is 4.68 Å². The summed E-state index contributed by atoms with van der Waals surface area (Å²) < 4.78 is 28.5. The summed E-state index contributed by atoms with van der Waals surface area (Å²) in [5.74, 6) is -1.66. The summed E-state index contributed by atoms with van der Waals surface area (Å²) in [4.78, 5) is 0. The Hall–Kier alpha value is -1.75. The lowest BCUT2D eigenvalue weighted by Gasteiger charge is -2.10. The van der Waals surface area contributed by atoms with Gasteiger partial charge in [0.2, 0.25) is 0 Å². The Morgan fingerprint density at radius 3 is 2.89 bits per heavy atom. The maximum atomic E-state index is 13.6. The molecule has 2 rings (SSSR count). The zero-order valence-electron chi connectivity index (χ0n) is 10.8. The lowest BCUT2D eigenvalue weighted by molar-refractivity contribution is 0.494. The van der Waals surface area contributed by atoms with Crippen LogP contribution in [0, 0.1) is 11.6 Å². The number of aromatic nitrogens is 2. The van der Waals surface area contributed by atoms with Gasteiger partial charge >= 0.3 is 0 Å². The van der Waals surface area contributed by atoms with E-state index in [1.54, 1.807) is 16.9 Å². The molecule has 1 aromatic heterocycles. The van der Waals surface area contributed by atoms with E-state index in [4.69, 9.17) is 5.73 Å². The highest BCUT2D eigenvalue weighted by Crippen LogP contribution is 2.19. The van der Waals surface area contributed by atoms with Gasteiger partial charge in [-0.1, -0.05) is 19.1 Å². The van der Waals surface area contributed by atoms with E-state index in [0.29, 0.717) is 0 Å². The van der Waals surface area contributed by atoms with Crippen molar-refractivity contribution < 1.29 is 8.78 Å². The van der Waals surface area contributed by atoms with Gasteiger partial charge in [-0.15, -0.1) is 0 Å². The summed E-state index contributed by atoms with van der Waals surface area (Å²) in [6.45, 7) is 2.88. The van der Waals surface area contributed by atoms with Crippen LogP contribution in [0.25, 0.3) is 0 Å². The molecule has 0 bridgehead atoms. The van der Waals surface area contributed by atoms with Crippen LogP contribution >= 0.6 is 0 Å². The summed E-state index contributed by atoms with van der Waals surface area (Å²) in [5.41, 5.74) is 7.13. The number of nitrogens with zero attached hydrogens (tertiary/aromatic N) is 2. The predicted octanol–water partition coefficient (Wildman–Crippen LogP) is 2.81. The van der Waals surface area contributed by atoms with Crippen molar-refractivity contribution in [1.29, 1.82) is 0 Å². The van der Waals surface area contributed by atoms with E-state index < -0.39 is 11.6 Å². The Balaban J connectivity index is 2.11. The second kappa shape index (κ2) is 5.93. The van der Waals surface area contributed by atoms with Crippen molar-refractivity contribution in [2.24, 2.45) is 5.73 Å². The monoisotopic (exact) mass is 265 g/mol. The average molecular weight is 265 g/mol. The standard InChI is InChI=1S/C14H17F2N3/c1-2-6-19-9-11(8-18-19)13(17)7-10-4-3-5-12(15)14(10)16/h3-5,8-9,13H,2,6-7,17H2,1H3. The minimum Gasteiger partial charge on any atom is -0.324 e. The van der Waals surface area contributed by atoms with Crippen LogP contribution in [0.4, 0.5) is 8.78 Å². The van der Waals surface area contributed by atoms with E-state index in [1.807, 2.05) is 6.20 Å². The summed E-state index contributed by atoms with van der Waals surface area (Å²) in [6, 6.07) is 3.75. The molecule has 19 heavy (non-hydrogen) atoms. The van der Waals surface area contributed by atoms with Gasteiger partial charge in [0.1, 0.15) is 0 Å². The number of rotatable bonds is 5. The molecule has 0 spiro atoms. The summed E-state index contributed by atoms with van der Waals surface area (Å²) in [6.07, 6.45) is 4.76. The van der Waals surface area contributed by atoms with E-state index in [0.717, 1.165) is 24.6 Å². The molecule has 0 saturated heterocycles. The molecule has 1 aromatic carbocycles. The van der Waals surface area contributed by atoms with Crippen LogP contribution in [-0.4, -0.2) is 9.78 Å². The third kappa shape index (κ3) is 3.17. The van der Waals surface area contributed by atoms with Crippen LogP contribution in [-0.2, 0) is 13.0 Å². The average Bonchev–Trinajstić information content (AvgIpc) is 2.84. The minimum absolute atomic E-state index is 0.251. The van der Waals surface area contributed by atoms with Crippen molar-refractivity contribution in [3.63, 3.8) is 0 Å². The van der Waals surface area contributed by atoms with Gasteiger partial charge in [0.25, 0.3) is 0 Å². The Kier molecular flexibility index (Phi) is 4.27. The molecular weight excluding hydrogens is 248 g/mol. The van der Waals surface area contributed by atoms with Crippen molar-refractivity contribution in [3.05, 3.63) is 53.4 Å². The van der Waals surface area contributed by atoms with Crippen LogP contribution in [0.5, 0.6) is 0 Å². The smallest absolute Gasteiger partial charge is 0.162 e. The number of aryl methyl sites for hydroxylation is 1. The molecule has 3 nitrogen and oxygen atoms in total. The van der Waals surface area contributed by atoms with Gasteiger partial charge in [-0.2, -0.15) is 5.10 Å². The Labute approximate surface area is 111 Å². The van der Waals surface area contributed by atoms with Gasteiger partial charge in [-0.05, 0) is 24.5 Å². The first kappa shape index (κ1) is 13.7. The zero-order chi connectivity index (χ0) is 13.8. The number of hydrogen-bond acceptors (Lipinski definition) is 2. The molecule has 0 saturated carbocycles. The van der Waals surface area contributed by atoms with Crippen molar-refractivity contribution >= 4 is 0 Å². The van der Waals surface area contributed by atoms with Crippen LogP contribution in [0.15, 0.2) is 30.6 Å². The van der Waals surface area contributed by atoms with Gasteiger partial charge < -0.3 is 5.73 Å². The van der Waals surface area contributed by atoms with Crippen LogP contribution in [0.1, 0.15) is 30.5 Å². The molecule has 5 heteroatoms. The largest absolute Gasteiger partial charge is 0.324 e. The minimum atomic E-state index is -0.841. The maximum absolute atomic E-state index is 13.6. The quantitative estimate of drug-likeness (QED) is 0.903. The molecule has 1 heterocycles. The fourth-order valence-corrected chi connectivity index (χ4v) is 1.98. The molecular formula is C14H17F2N3. The Morgan fingerprint density at radius 2 is 2.16 bits per heavy atom. The highest BCUT2D eigenvalue weighted by atomic mass is 19.2.